The predicted octanol–water partition coefficient (Wildman–Crippen LogP) is 1.75. The van der Waals surface area contributed by atoms with Crippen molar-refractivity contribution in [2.75, 3.05) is 7.11 Å². The Hall–Kier alpha value is -0.840. The standard InChI is InChI=1S/C7H10BrNO3/c1-4(8)7(12-2)5(9)3-6(10)11/h9H,3H2,1-2H3,(H,10,11). The second kappa shape index (κ2) is 4.92. The second-order valence-corrected chi connectivity index (χ2v) is 3.31. The van der Waals surface area contributed by atoms with E-state index in [1.807, 2.05) is 0 Å². The van der Waals surface area contributed by atoms with Gasteiger partial charge in [-0.3, -0.25) is 4.79 Å². The maximum atomic E-state index is 10.2. The molecule has 4 nitrogen and oxygen atoms in total. The molecule has 12 heavy (non-hydrogen) atoms. The van der Waals surface area contributed by atoms with Crippen LogP contribution >= 0.6 is 15.9 Å². The molecule has 0 saturated heterocycles. The van der Waals surface area contributed by atoms with Crippen LogP contribution in [0.15, 0.2) is 10.2 Å². The fraction of sp³-hybridized carbons (Fsp3) is 0.429. The Morgan fingerprint density at radius 2 is 2.17 bits per heavy atom. The lowest BCUT2D eigenvalue weighted by atomic mass is 10.2. The molecule has 0 fully saturated rings. The second-order valence-electron chi connectivity index (χ2n) is 2.12. The lowest BCUT2D eigenvalue weighted by molar-refractivity contribution is -0.135. The van der Waals surface area contributed by atoms with E-state index in [0.29, 0.717) is 4.48 Å². The third-order valence-electron chi connectivity index (χ3n) is 1.12. The van der Waals surface area contributed by atoms with Gasteiger partial charge in [0.25, 0.3) is 0 Å². The molecule has 68 valence electrons. The molecule has 0 aliphatic rings. The largest absolute Gasteiger partial charge is 0.494 e. The minimum absolute atomic E-state index is 0.0422. The van der Waals surface area contributed by atoms with E-state index in [2.05, 4.69) is 15.9 Å². The van der Waals surface area contributed by atoms with Gasteiger partial charge >= 0.3 is 5.97 Å². The van der Waals surface area contributed by atoms with Gasteiger partial charge < -0.3 is 15.3 Å². The van der Waals surface area contributed by atoms with Crippen LogP contribution in [0.5, 0.6) is 0 Å². The van der Waals surface area contributed by atoms with Gasteiger partial charge in [0, 0.05) is 4.48 Å². The zero-order valence-electron chi connectivity index (χ0n) is 6.85. The molecule has 0 saturated carbocycles. The third kappa shape index (κ3) is 3.52. The van der Waals surface area contributed by atoms with Gasteiger partial charge in [-0.05, 0) is 6.92 Å². The summed E-state index contributed by atoms with van der Waals surface area (Å²) < 4.78 is 5.44. The Labute approximate surface area is 78.9 Å². The summed E-state index contributed by atoms with van der Waals surface area (Å²) in [6.45, 7) is 1.69. The van der Waals surface area contributed by atoms with Crippen LogP contribution in [-0.4, -0.2) is 23.9 Å². The van der Waals surface area contributed by atoms with Gasteiger partial charge in [0.05, 0.1) is 19.2 Å². The molecule has 0 heterocycles. The number of nitrogens with one attached hydrogen (secondary N) is 1. The highest BCUT2D eigenvalue weighted by molar-refractivity contribution is 9.11. The predicted molar refractivity (Wildman–Crippen MR) is 48.6 cm³/mol. The van der Waals surface area contributed by atoms with Crippen LogP contribution in [0.2, 0.25) is 0 Å². The van der Waals surface area contributed by atoms with Crippen molar-refractivity contribution in [2.45, 2.75) is 13.3 Å². The number of halogens is 1. The van der Waals surface area contributed by atoms with Crippen LogP contribution in [0, 0.1) is 5.41 Å². The van der Waals surface area contributed by atoms with Gasteiger partial charge in [0.15, 0.2) is 0 Å². The van der Waals surface area contributed by atoms with Crippen LogP contribution in [0.25, 0.3) is 0 Å². The van der Waals surface area contributed by atoms with Gasteiger partial charge in [-0.25, -0.2) is 0 Å². The molecule has 0 aliphatic heterocycles. The van der Waals surface area contributed by atoms with Crippen LogP contribution in [-0.2, 0) is 9.53 Å². The molecule has 0 atom stereocenters. The van der Waals surface area contributed by atoms with Gasteiger partial charge in [-0.1, -0.05) is 15.9 Å². The molecule has 0 rings (SSSR count). The molecule has 0 aromatic carbocycles. The van der Waals surface area contributed by atoms with E-state index in [1.54, 1.807) is 6.92 Å². The normalized spacial score (nSPS) is 11.9. The average Bonchev–Trinajstić information content (AvgIpc) is 1.85. The summed E-state index contributed by atoms with van der Waals surface area (Å²) in [7, 11) is 1.40. The van der Waals surface area contributed by atoms with E-state index >= 15 is 0 Å². The Morgan fingerprint density at radius 3 is 2.42 bits per heavy atom. The first kappa shape index (κ1) is 11.2. The number of aliphatic carboxylic acids is 1. The Morgan fingerprint density at radius 1 is 1.67 bits per heavy atom. The molecular weight excluding hydrogens is 226 g/mol. The zero-order chi connectivity index (χ0) is 9.72. The molecule has 0 aliphatic carbocycles. The Bertz CT molecular complexity index is 231. The maximum Gasteiger partial charge on any atom is 0.309 e. The monoisotopic (exact) mass is 235 g/mol. The maximum absolute atomic E-state index is 10.2. The fourth-order valence-corrected chi connectivity index (χ4v) is 1.10. The molecule has 0 unspecified atom stereocenters. The van der Waals surface area contributed by atoms with Gasteiger partial charge in [-0.15, -0.1) is 0 Å². The Kier molecular flexibility index (Phi) is 4.58. The van der Waals surface area contributed by atoms with Gasteiger partial charge in [0.2, 0.25) is 0 Å². The number of rotatable bonds is 4. The highest BCUT2D eigenvalue weighted by atomic mass is 79.9. The van der Waals surface area contributed by atoms with Gasteiger partial charge in [-0.2, -0.15) is 0 Å². The summed E-state index contributed by atoms with van der Waals surface area (Å²) in [6, 6.07) is 0. The number of allylic oxidation sites excluding steroid dienone is 2. The molecule has 0 aromatic heterocycles. The summed E-state index contributed by atoms with van der Waals surface area (Å²) in [5, 5.41) is 15.7. The Balaban J connectivity index is 4.45. The van der Waals surface area contributed by atoms with Gasteiger partial charge in [0.1, 0.15) is 5.76 Å². The molecule has 0 radical (unpaired) electrons. The number of hydrogen-bond acceptors (Lipinski definition) is 3. The lowest BCUT2D eigenvalue weighted by Crippen LogP contribution is -2.10. The van der Waals surface area contributed by atoms with Crippen molar-refractivity contribution in [3.8, 4) is 0 Å². The van der Waals surface area contributed by atoms with E-state index in [1.165, 1.54) is 7.11 Å². The lowest BCUT2D eigenvalue weighted by Gasteiger charge is -2.06. The summed E-state index contributed by atoms with van der Waals surface area (Å²) >= 11 is 3.11. The minimum Gasteiger partial charge on any atom is -0.494 e. The fourth-order valence-electron chi connectivity index (χ4n) is 0.703. The van der Waals surface area contributed by atoms with Crippen molar-refractivity contribution in [2.24, 2.45) is 0 Å². The van der Waals surface area contributed by atoms with E-state index in [0.717, 1.165) is 0 Å². The number of methoxy groups -OCH3 is 1. The molecule has 0 bridgehead atoms. The number of carbonyl (C=O) groups is 1. The zero-order valence-corrected chi connectivity index (χ0v) is 8.43. The molecule has 0 amide bonds. The van der Waals surface area contributed by atoms with E-state index in [4.69, 9.17) is 15.3 Å². The van der Waals surface area contributed by atoms with Crippen LogP contribution < -0.4 is 0 Å². The topological polar surface area (TPSA) is 70.4 Å². The first-order valence-electron chi connectivity index (χ1n) is 3.19. The van der Waals surface area contributed by atoms with Crippen LogP contribution in [0.3, 0.4) is 0 Å². The SMILES string of the molecule is COC(C(=N)CC(=O)O)=C(C)Br. The summed E-state index contributed by atoms with van der Waals surface area (Å²) in [6.07, 6.45) is -0.327. The van der Waals surface area contributed by atoms with Crippen LogP contribution in [0.4, 0.5) is 0 Å². The molecule has 2 N–H and O–H groups in total. The molecule has 0 spiro atoms. The quantitative estimate of drug-likeness (QED) is 0.577. The first-order valence-corrected chi connectivity index (χ1v) is 3.98. The number of hydrogen-bond donors (Lipinski definition) is 2. The van der Waals surface area contributed by atoms with Crippen LogP contribution in [0.1, 0.15) is 13.3 Å². The van der Waals surface area contributed by atoms with Crippen molar-refractivity contribution < 1.29 is 14.6 Å². The summed E-state index contributed by atoms with van der Waals surface area (Å²) in [4.78, 5) is 10.2. The smallest absolute Gasteiger partial charge is 0.309 e. The molecule has 5 heteroatoms. The third-order valence-corrected chi connectivity index (χ3v) is 1.48. The van der Waals surface area contributed by atoms with Crippen molar-refractivity contribution in [3.63, 3.8) is 0 Å². The molecular formula is C7H10BrNO3. The summed E-state index contributed by atoms with van der Waals surface area (Å²) in [5.74, 6) is -0.763. The first-order chi connectivity index (χ1) is 5.49. The number of carboxylic acids is 1. The minimum atomic E-state index is -1.04. The van der Waals surface area contributed by atoms with Crippen molar-refractivity contribution in [1.29, 1.82) is 5.41 Å². The highest BCUT2D eigenvalue weighted by Crippen LogP contribution is 2.13. The summed E-state index contributed by atoms with van der Waals surface area (Å²) in [5.41, 5.74) is -0.0422. The molecule has 0 aromatic rings. The van der Waals surface area contributed by atoms with Crippen molar-refractivity contribution in [1.82, 2.24) is 0 Å². The van der Waals surface area contributed by atoms with Crippen molar-refractivity contribution >= 4 is 27.6 Å². The number of ether oxygens (including phenoxy) is 1. The van der Waals surface area contributed by atoms with E-state index in [9.17, 15) is 4.79 Å². The van der Waals surface area contributed by atoms with E-state index < -0.39 is 5.97 Å². The van der Waals surface area contributed by atoms with E-state index in [-0.39, 0.29) is 17.9 Å². The van der Waals surface area contributed by atoms with Crippen molar-refractivity contribution in [3.05, 3.63) is 10.2 Å². The number of carboxylic acid groups (broad SMARTS) is 1. The highest BCUT2D eigenvalue weighted by Gasteiger charge is 2.11. The average molecular weight is 236 g/mol.